The second kappa shape index (κ2) is 7.08. The fourth-order valence-electron chi connectivity index (χ4n) is 1.97. The number of nitrogens with two attached hydrogens (primary N) is 1. The number of carbonyl (C=O) groups excluding carboxylic acids is 1. The van der Waals surface area contributed by atoms with E-state index < -0.39 is 0 Å². The Morgan fingerprint density at radius 1 is 1.33 bits per heavy atom. The van der Waals surface area contributed by atoms with Gasteiger partial charge in [0.05, 0.1) is 0 Å². The maximum Gasteiger partial charge on any atom is 0.272 e. The summed E-state index contributed by atoms with van der Waals surface area (Å²) in [6, 6.07) is 9.57. The highest BCUT2D eigenvalue weighted by Crippen LogP contribution is 2.28. The van der Waals surface area contributed by atoms with Crippen molar-refractivity contribution in [3.05, 3.63) is 35.2 Å². The van der Waals surface area contributed by atoms with Crippen LogP contribution >= 0.6 is 11.3 Å². The molecule has 0 spiro atoms. The van der Waals surface area contributed by atoms with E-state index in [-0.39, 0.29) is 11.7 Å². The van der Waals surface area contributed by atoms with Crippen molar-refractivity contribution in [3.8, 4) is 0 Å². The molecule has 1 heterocycles. The van der Waals surface area contributed by atoms with Gasteiger partial charge in [0.25, 0.3) is 5.91 Å². The van der Waals surface area contributed by atoms with E-state index in [1.165, 1.54) is 11.3 Å². The molecule has 0 fully saturated rings. The third kappa shape index (κ3) is 3.52. The minimum Gasteiger partial charge on any atom is -0.382 e. The van der Waals surface area contributed by atoms with Crippen molar-refractivity contribution in [2.24, 2.45) is 0 Å². The number of hydrogen-bond donors (Lipinski definition) is 2. The number of carbonyl (C=O) groups is 1. The van der Waals surface area contributed by atoms with Crippen LogP contribution in [0.3, 0.4) is 0 Å². The highest BCUT2D eigenvalue weighted by Gasteiger charge is 2.22. The first kappa shape index (κ1) is 15.3. The molecule has 112 valence electrons. The normalized spacial score (nSPS) is 10.4. The highest BCUT2D eigenvalue weighted by atomic mass is 32.1. The molecule has 2 aromatic rings. The van der Waals surface area contributed by atoms with Gasteiger partial charge in [0.15, 0.2) is 5.13 Å². The number of aromatic nitrogens is 1. The summed E-state index contributed by atoms with van der Waals surface area (Å²) in [5.74, 6) is 0.182. The molecule has 3 N–H and O–H groups in total. The summed E-state index contributed by atoms with van der Waals surface area (Å²) in [4.78, 5) is 19.1. The third-order valence-electron chi connectivity index (χ3n) is 3.00. The summed E-state index contributed by atoms with van der Waals surface area (Å²) in [5.41, 5.74) is 6.76. The van der Waals surface area contributed by atoms with Gasteiger partial charge in [-0.05, 0) is 25.5 Å². The lowest BCUT2D eigenvalue weighted by atomic mass is 10.2. The van der Waals surface area contributed by atoms with Crippen molar-refractivity contribution in [1.82, 2.24) is 4.98 Å². The summed E-state index contributed by atoms with van der Waals surface area (Å²) < 4.78 is 0. The van der Waals surface area contributed by atoms with E-state index in [1.54, 1.807) is 4.90 Å². The summed E-state index contributed by atoms with van der Waals surface area (Å²) in [5, 5.41) is 3.86. The van der Waals surface area contributed by atoms with Crippen LogP contribution in [0, 0.1) is 0 Å². The van der Waals surface area contributed by atoms with Crippen molar-refractivity contribution >= 4 is 33.9 Å². The number of nitrogens with one attached hydrogen (secondary N) is 1. The number of benzene rings is 1. The average molecular weight is 304 g/mol. The number of nitrogen functional groups attached to an aromatic ring is 1. The molecule has 5 nitrogen and oxygen atoms in total. The van der Waals surface area contributed by atoms with Crippen LogP contribution in [-0.4, -0.2) is 24.0 Å². The van der Waals surface area contributed by atoms with E-state index in [2.05, 4.69) is 17.2 Å². The van der Waals surface area contributed by atoms with Gasteiger partial charge >= 0.3 is 0 Å². The molecule has 0 radical (unpaired) electrons. The lowest BCUT2D eigenvalue weighted by molar-refractivity contribution is 0.0993. The third-order valence-corrected chi connectivity index (χ3v) is 4.02. The fourth-order valence-corrected chi connectivity index (χ4v) is 2.83. The maximum atomic E-state index is 12.7. The zero-order valence-corrected chi connectivity index (χ0v) is 13.1. The standard InChI is InChI=1S/C15H20N4OS/c1-3-10-17-15-18-13(16)12(21-15)14(20)19(4-2)11-8-6-5-7-9-11/h5-9H,3-4,10,16H2,1-2H3,(H,17,18). The lowest BCUT2D eigenvalue weighted by Crippen LogP contribution is -2.30. The Morgan fingerprint density at radius 3 is 2.67 bits per heavy atom. The molecule has 1 amide bonds. The zero-order valence-electron chi connectivity index (χ0n) is 12.3. The van der Waals surface area contributed by atoms with Gasteiger partial charge in [-0.3, -0.25) is 4.79 Å². The Morgan fingerprint density at radius 2 is 2.05 bits per heavy atom. The molecule has 2 rings (SSSR count). The number of anilines is 3. The highest BCUT2D eigenvalue weighted by molar-refractivity contribution is 7.18. The Bertz CT molecular complexity index is 597. The fraction of sp³-hybridized carbons (Fsp3) is 0.333. The van der Waals surface area contributed by atoms with Crippen molar-refractivity contribution in [2.75, 3.05) is 29.0 Å². The zero-order chi connectivity index (χ0) is 15.2. The summed E-state index contributed by atoms with van der Waals surface area (Å²) in [6.45, 7) is 5.41. The van der Waals surface area contributed by atoms with Gasteiger partial charge in [-0.15, -0.1) is 0 Å². The first-order valence-electron chi connectivity index (χ1n) is 7.04. The van der Waals surface area contributed by atoms with Gasteiger partial charge in [-0.1, -0.05) is 36.5 Å². The minimum atomic E-state index is -0.108. The molecule has 0 saturated carbocycles. The second-order valence-electron chi connectivity index (χ2n) is 4.55. The van der Waals surface area contributed by atoms with Crippen LogP contribution in [0.15, 0.2) is 30.3 Å². The van der Waals surface area contributed by atoms with Gasteiger partial charge in [0.2, 0.25) is 0 Å². The van der Waals surface area contributed by atoms with E-state index in [0.29, 0.717) is 16.6 Å². The first-order chi connectivity index (χ1) is 10.2. The predicted octanol–water partition coefficient (Wildman–Crippen LogP) is 3.21. The van der Waals surface area contributed by atoms with Crippen LogP contribution in [0.2, 0.25) is 0 Å². The molecule has 1 aromatic carbocycles. The quantitative estimate of drug-likeness (QED) is 0.859. The molecule has 0 aliphatic rings. The Balaban J connectivity index is 2.24. The van der Waals surface area contributed by atoms with Crippen LogP contribution in [0.25, 0.3) is 0 Å². The number of thiazole rings is 1. The molecule has 0 unspecified atom stereocenters. The topological polar surface area (TPSA) is 71.2 Å². The monoisotopic (exact) mass is 304 g/mol. The summed E-state index contributed by atoms with van der Waals surface area (Å²) in [7, 11) is 0. The van der Waals surface area contributed by atoms with E-state index in [0.717, 1.165) is 18.7 Å². The lowest BCUT2D eigenvalue weighted by Gasteiger charge is -2.20. The Labute approximate surface area is 128 Å². The maximum absolute atomic E-state index is 12.7. The van der Waals surface area contributed by atoms with Gasteiger partial charge in [-0.25, -0.2) is 4.98 Å². The molecule has 0 atom stereocenters. The van der Waals surface area contributed by atoms with Crippen molar-refractivity contribution in [1.29, 1.82) is 0 Å². The SMILES string of the molecule is CCCNc1nc(N)c(C(=O)N(CC)c2ccccc2)s1. The Hall–Kier alpha value is -2.08. The molecule has 0 saturated heterocycles. The largest absolute Gasteiger partial charge is 0.382 e. The molecule has 0 aliphatic carbocycles. The van der Waals surface area contributed by atoms with E-state index in [9.17, 15) is 4.79 Å². The predicted molar refractivity (Wildman–Crippen MR) is 89.1 cm³/mol. The van der Waals surface area contributed by atoms with Crippen LogP contribution in [0.4, 0.5) is 16.6 Å². The number of rotatable bonds is 6. The van der Waals surface area contributed by atoms with E-state index in [1.807, 2.05) is 37.3 Å². The molecular weight excluding hydrogens is 284 g/mol. The summed E-state index contributed by atoms with van der Waals surface area (Å²) >= 11 is 1.31. The van der Waals surface area contributed by atoms with Crippen molar-refractivity contribution in [3.63, 3.8) is 0 Å². The molecule has 21 heavy (non-hydrogen) atoms. The van der Waals surface area contributed by atoms with Crippen molar-refractivity contribution in [2.45, 2.75) is 20.3 Å². The van der Waals surface area contributed by atoms with Crippen LogP contribution in [0.1, 0.15) is 29.9 Å². The van der Waals surface area contributed by atoms with Crippen LogP contribution < -0.4 is 16.0 Å². The van der Waals surface area contributed by atoms with Crippen molar-refractivity contribution < 1.29 is 4.79 Å². The van der Waals surface area contributed by atoms with Crippen LogP contribution in [-0.2, 0) is 0 Å². The molecule has 1 aromatic heterocycles. The molecule has 0 bridgehead atoms. The van der Waals surface area contributed by atoms with Gasteiger partial charge in [0, 0.05) is 18.8 Å². The summed E-state index contributed by atoms with van der Waals surface area (Å²) in [6.07, 6.45) is 0.994. The number of nitrogens with zero attached hydrogens (tertiary/aromatic N) is 2. The van der Waals surface area contributed by atoms with E-state index in [4.69, 9.17) is 5.73 Å². The average Bonchev–Trinajstić information content (AvgIpc) is 2.88. The first-order valence-corrected chi connectivity index (χ1v) is 7.86. The molecular formula is C15H20N4OS. The van der Waals surface area contributed by atoms with E-state index >= 15 is 0 Å². The number of para-hydroxylation sites is 1. The van der Waals surface area contributed by atoms with Gasteiger partial charge < -0.3 is 16.0 Å². The smallest absolute Gasteiger partial charge is 0.272 e. The van der Waals surface area contributed by atoms with Gasteiger partial charge in [0.1, 0.15) is 10.7 Å². The molecule has 0 aliphatic heterocycles. The number of hydrogen-bond acceptors (Lipinski definition) is 5. The Kier molecular flexibility index (Phi) is 5.16. The molecule has 6 heteroatoms. The second-order valence-corrected chi connectivity index (χ2v) is 5.54. The minimum absolute atomic E-state index is 0.108. The number of amides is 1. The van der Waals surface area contributed by atoms with Gasteiger partial charge in [-0.2, -0.15) is 0 Å². The van der Waals surface area contributed by atoms with Crippen LogP contribution in [0.5, 0.6) is 0 Å².